The number of carbonyl (C=O) groups is 1. The lowest BCUT2D eigenvalue weighted by Gasteiger charge is -2.28. The van der Waals surface area contributed by atoms with Gasteiger partial charge in [0.2, 0.25) is 0 Å². The maximum atomic E-state index is 13.3. The molecule has 12 heteroatoms. The van der Waals surface area contributed by atoms with Crippen LogP contribution in [0, 0.1) is 11.6 Å². The third-order valence-electron chi connectivity index (χ3n) is 5.09. The monoisotopic (exact) mass is 503 g/mol. The molecule has 0 spiro atoms. The summed E-state index contributed by atoms with van der Waals surface area (Å²) in [5.41, 5.74) is 1.55. The number of ether oxygens (including phenoxy) is 1. The Morgan fingerprint density at radius 1 is 0.971 bits per heavy atom. The number of halogens is 2. The lowest BCUT2D eigenvalue weighted by Crippen LogP contribution is -2.37. The van der Waals surface area contributed by atoms with Gasteiger partial charge in [-0.15, -0.1) is 0 Å². The lowest BCUT2D eigenvalue weighted by atomic mass is 10.2. The Bertz CT molecular complexity index is 1330. The number of aromatic nitrogens is 2. The fraction of sp³-hybridized carbons (Fsp3) is 0.261. The molecule has 0 aliphatic carbocycles. The molecule has 3 aromatic rings. The first-order valence-electron chi connectivity index (χ1n) is 10.7. The van der Waals surface area contributed by atoms with Crippen LogP contribution in [0.5, 0.6) is 0 Å². The molecule has 0 unspecified atom stereocenters. The molecule has 35 heavy (non-hydrogen) atoms. The van der Waals surface area contributed by atoms with Crippen molar-refractivity contribution in [3.63, 3.8) is 0 Å². The fourth-order valence-electron chi connectivity index (χ4n) is 3.48. The van der Waals surface area contributed by atoms with Gasteiger partial charge in [-0.2, -0.15) is 0 Å². The molecule has 2 aromatic carbocycles. The number of nitrogens with zero attached hydrogens (tertiary/aromatic N) is 3. The highest BCUT2D eigenvalue weighted by Gasteiger charge is 2.17. The van der Waals surface area contributed by atoms with Crippen molar-refractivity contribution in [2.24, 2.45) is 0 Å². The first kappa shape index (κ1) is 24.5. The molecule has 1 aliphatic rings. The molecule has 1 aliphatic heterocycles. The molecule has 1 fully saturated rings. The molecule has 0 radical (unpaired) electrons. The SMILES string of the molecule is CS(=O)(=O)Cc1cc(N2CCOCC2)nc(-c2ccc(NC(=O)Nc3ccc(F)c(F)c3)cc2)n1. The molecule has 2 heterocycles. The maximum absolute atomic E-state index is 13.3. The molecule has 0 bridgehead atoms. The molecule has 4 rings (SSSR count). The zero-order valence-corrected chi connectivity index (χ0v) is 19.6. The first-order chi connectivity index (χ1) is 16.7. The Labute approximate surface area is 201 Å². The average Bonchev–Trinajstić information content (AvgIpc) is 2.81. The van der Waals surface area contributed by atoms with Gasteiger partial charge in [-0.05, 0) is 36.4 Å². The molecular formula is C23H23F2N5O4S. The second-order valence-corrected chi connectivity index (χ2v) is 10.1. The van der Waals surface area contributed by atoms with Crippen molar-refractivity contribution < 1.29 is 26.7 Å². The van der Waals surface area contributed by atoms with E-state index in [2.05, 4.69) is 20.6 Å². The standard InChI is InChI=1S/C23H23F2N5O4S/c1-35(32,33)14-18-13-21(30-8-10-34-11-9-30)29-22(26-18)15-2-4-16(5-3-15)27-23(31)28-17-6-7-19(24)20(25)12-17/h2-7,12-13H,8-11,14H2,1H3,(H2,27,28,31). The Morgan fingerprint density at radius 2 is 1.63 bits per heavy atom. The molecule has 0 atom stereocenters. The minimum atomic E-state index is -3.31. The van der Waals surface area contributed by atoms with Crippen LogP contribution in [0.15, 0.2) is 48.5 Å². The number of nitrogens with one attached hydrogen (secondary N) is 2. The van der Waals surface area contributed by atoms with Crippen LogP contribution in [0.3, 0.4) is 0 Å². The van der Waals surface area contributed by atoms with Crippen molar-refractivity contribution in [3.05, 3.63) is 65.9 Å². The van der Waals surface area contributed by atoms with E-state index in [9.17, 15) is 22.0 Å². The van der Waals surface area contributed by atoms with Gasteiger partial charge in [0.1, 0.15) is 5.82 Å². The summed E-state index contributed by atoms with van der Waals surface area (Å²) in [5.74, 6) is -1.33. The number of sulfone groups is 1. The van der Waals surface area contributed by atoms with E-state index < -0.39 is 27.5 Å². The highest BCUT2D eigenvalue weighted by atomic mass is 32.2. The van der Waals surface area contributed by atoms with Gasteiger partial charge in [-0.1, -0.05) is 0 Å². The summed E-state index contributed by atoms with van der Waals surface area (Å²) in [7, 11) is -3.31. The van der Waals surface area contributed by atoms with E-state index in [1.165, 1.54) is 6.07 Å². The average molecular weight is 504 g/mol. The number of amides is 2. The molecule has 2 N–H and O–H groups in total. The number of benzene rings is 2. The third-order valence-corrected chi connectivity index (χ3v) is 5.91. The Morgan fingerprint density at radius 3 is 2.29 bits per heavy atom. The summed E-state index contributed by atoms with van der Waals surface area (Å²) < 4.78 is 55.5. The summed E-state index contributed by atoms with van der Waals surface area (Å²) in [6, 6.07) is 10.7. The predicted octanol–water partition coefficient (Wildman–Crippen LogP) is 3.45. The number of urea groups is 1. The highest BCUT2D eigenvalue weighted by Crippen LogP contribution is 2.24. The largest absolute Gasteiger partial charge is 0.378 e. The molecule has 1 saturated heterocycles. The van der Waals surface area contributed by atoms with E-state index in [-0.39, 0.29) is 11.4 Å². The van der Waals surface area contributed by atoms with Gasteiger partial charge in [0.15, 0.2) is 27.3 Å². The number of anilines is 3. The molecule has 0 saturated carbocycles. The summed E-state index contributed by atoms with van der Waals surface area (Å²) in [5, 5.41) is 5.02. The van der Waals surface area contributed by atoms with Crippen LogP contribution in [0.2, 0.25) is 0 Å². The maximum Gasteiger partial charge on any atom is 0.323 e. The van der Waals surface area contributed by atoms with Crippen molar-refractivity contribution in [3.8, 4) is 11.4 Å². The van der Waals surface area contributed by atoms with Crippen molar-refractivity contribution in [1.82, 2.24) is 9.97 Å². The summed E-state index contributed by atoms with van der Waals surface area (Å²) in [6.45, 7) is 2.36. The zero-order valence-electron chi connectivity index (χ0n) is 18.8. The molecule has 184 valence electrons. The van der Waals surface area contributed by atoms with Crippen LogP contribution in [-0.4, -0.2) is 57.0 Å². The second-order valence-electron chi connectivity index (χ2n) is 8.00. The van der Waals surface area contributed by atoms with Gasteiger partial charge in [0, 0.05) is 48.4 Å². The molecule has 9 nitrogen and oxygen atoms in total. The molecule has 1 aromatic heterocycles. The van der Waals surface area contributed by atoms with Crippen molar-refractivity contribution in [2.75, 3.05) is 48.1 Å². The lowest BCUT2D eigenvalue weighted by molar-refractivity contribution is 0.122. The van der Waals surface area contributed by atoms with Gasteiger partial charge in [-0.3, -0.25) is 0 Å². The zero-order chi connectivity index (χ0) is 25.0. The summed E-state index contributed by atoms with van der Waals surface area (Å²) in [6.07, 6.45) is 1.15. The number of hydrogen-bond donors (Lipinski definition) is 2. The van der Waals surface area contributed by atoms with Gasteiger partial charge < -0.3 is 20.3 Å². The Hall–Kier alpha value is -3.64. The molecule has 2 amide bonds. The van der Waals surface area contributed by atoms with E-state index in [1.807, 2.05) is 4.90 Å². The molecular weight excluding hydrogens is 480 g/mol. The normalized spacial score (nSPS) is 14.0. The summed E-state index contributed by atoms with van der Waals surface area (Å²) >= 11 is 0. The van der Waals surface area contributed by atoms with E-state index in [0.717, 1.165) is 18.4 Å². The van der Waals surface area contributed by atoms with Crippen LogP contribution in [0.1, 0.15) is 5.69 Å². The summed E-state index contributed by atoms with van der Waals surface area (Å²) in [4.78, 5) is 23.3. The smallest absolute Gasteiger partial charge is 0.323 e. The van der Waals surface area contributed by atoms with Crippen molar-refractivity contribution >= 4 is 33.1 Å². The Balaban J connectivity index is 1.52. The Kier molecular flexibility index (Phi) is 7.22. The van der Waals surface area contributed by atoms with E-state index in [1.54, 1.807) is 30.3 Å². The highest BCUT2D eigenvalue weighted by molar-refractivity contribution is 7.89. The predicted molar refractivity (Wildman–Crippen MR) is 128 cm³/mol. The van der Waals surface area contributed by atoms with Gasteiger partial charge in [-0.25, -0.2) is 32.0 Å². The van der Waals surface area contributed by atoms with Crippen LogP contribution in [0.4, 0.5) is 30.8 Å². The van der Waals surface area contributed by atoms with E-state index >= 15 is 0 Å². The van der Waals surface area contributed by atoms with Crippen molar-refractivity contribution in [1.29, 1.82) is 0 Å². The van der Waals surface area contributed by atoms with E-state index in [0.29, 0.717) is 54.9 Å². The van der Waals surface area contributed by atoms with Gasteiger partial charge in [0.05, 0.1) is 24.7 Å². The topological polar surface area (TPSA) is 114 Å². The first-order valence-corrected chi connectivity index (χ1v) is 12.7. The fourth-order valence-corrected chi connectivity index (χ4v) is 4.16. The van der Waals surface area contributed by atoms with Gasteiger partial charge >= 0.3 is 6.03 Å². The number of hydrogen-bond acceptors (Lipinski definition) is 7. The van der Waals surface area contributed by atoms with Crippen LogP contribution in [0.25, 0.3) is 11.4 Å². The van der Waals surface area contributed by atoms with Gasteiger partial charge in [0.25, 0.3) is 0 Å². The number of carbonyl (C=O) groups excluding carboxylic acids is 1. The third kappa shape index (κ3) is 6.70. The van der Waals surface area contributed by atoms with Crippen LogP contribution >= 0.6 is 0 Å². The van der Waals surface area contributed by atoms with E-state index in [4.69, 9.17) is 4.74 Å². The minimum Gasteiger partial charge on any atom is -0.378 e. The minimum absolute atomic E-state index is 0.102. The van der Waals surface area contributed by atoms with Crippen LogP contribution in [-0.2, 0) is 20.3 Å². The quantitative estimate of drug-likeness (QED) is 0.530. The van der Waals surface area contributed by atoms with Crippen molar-refractivity contribution in [2.45, 2.75) is 5.75 Å². The number of morpholine rings is 1. The number of rotatable bonds is 6. The van der Waals surface area contributed by atoms with Crippen LogP contribution < -0.4 is 15.5 Å². The second kappa shape index (κ2) is 10.3.